The van der Waals surface area contributed by atoms with E-state index in [1.165, 1.54) is 18.2 Å². The highest BCUT2D eigenvalue weighted by Crippen LogP contribution is 2.19. The molecule has 0 radical (unpaired) electrons. The summed E-state index contributed by atoms with van der Waals surface area (Å²) in [6.07, 6.45) is 0.145. The van der Waals surface area contributed by atoms with Crippen LogP contribution in [0.5, 0.6) is 0 Å². The molecule has 8 heteroatoms. The third kappa shape index (κ3) is 5.21. The van der Waals surface area contributed by atoms with E-state index in [0.29, 0.717) is 10.8 Å². The Hall–Kier alpha value is -3.06. The van der Waals surface area contributed by atoms with E-state index in [2.05, 4.69) is 10.1 Å². The van der Waals surface area contributed by atoms with Crippen LogP contribution in [-0.4, -0.2) is 28.5 Å². The van der Waals surface area contributed by atoms with Crippen molar-refractivity contribution in [2.75, 3.05) is 6.61 Å². The molecule has 0 bridgehead atoms. The Kier molecular flexibility index (Phi) is 5.93. The van der Waals surface area contributed by atoms with Crippen LogP contribution < -0.4 is 0 Å². The number of carbonyl (C=O) groups is 2. The van der Waals surface area contributed by atoms with Crippen LogP contribution in [0.4, 0.5) is 4.39 Å². The molecule has 0 spiro atoms. The van der Waals surface area contributed by atoms with Crippen LogP contribution in [0.25, 0.3) is 11.4 Å². The van der Waals surface area contributed by atoms with Crippen molar-refractivity contribution in [3.05, 3.63) is 70.8 Å². The van der Waals surface area contributed by atoms with Gasteiger partial charge in [0, 0.05) is 22.6 Å². The average Bonchev–Trinajstić information content (AvgIpc) is 3.14. The number of nitrogens with zero attached hydrogens (tertiary/aromatic N) is 2. The van der Waals surface area contributed by atoms with Gasteiger partial charge in [0.15, 0.2) is 12.4 Å². The number of benzene rings is 2. The maximum absolute atomic E-state index is 13.1. The molecule has 0 amide bonds. The fraction of sp³-hybridized carbons (Fsp3) is 0.158. The number of hydrogen-bond donors (Lipinski definition) is 0. The summed E-state index contributed by atoms with van der Waals surface area (Å²) in [6, 6.07) is 12.1. The predicted octanol–water partition coefficient (Wildman–Crippen LogP) is 3.89. The second-order valence-electron chi connectivity index (χ2n) is 5.61. The van der Waals surface area contributed by atoms with Gasteiger partial charge in [-0.1, -0.05) is 28.9 Å². The molecule has 6 nitrogen and oxygen atoms in total. The molecule has 138 valence electrons. The van der Waals surface area contributed by atoms with Crippen molar-refractivity contribution >= 4 is 23.4 Å². The molecular weight excluding hydrogens is 375 g/mol. The third-order valence-corrected chi connectivity index (χ3v) is 3.88. The van der Waals surface area contributed by atoms with Gasteiger partial charge >= 0.3 is 5.97 Å². The molecule has 0 N–H and O–H groups in total. The lowest BCUT2D eigenvalue weighted by atomic mass is 10.1. The van der Waals surface area contributed by atoms with Crippen LogP contribution in [0.1, 0.15) is 22.7 Å². The second kappa shape index (κ2) is 8.55. The summed E-state index contributed by atoms with van der Waals surface area (Å²) in [6.45, 7) is -0.456. The van der Waals surface area contributed by atoms with E-state index in [1.807, 2.05) is 0 Å². The van der Waals surface area contributed by atoms with Crippen LogP contribution in [0.2, 0.25) is 5.02 Å². The molecular formula is C19H14ClFN2O4. The summed E-state index contributed by atoms with van der Waals surface area (Å²) in [5.74, 6) is -0.943. The topological polar surface area (TPSA) is 82.3 Å². The smallest absolute Gasteiger partial charge is 0.306 e. The van der Waals surface area contributed by atoms with E-state index in [1.54, 1.807) is 24.3 Å². The monoisotopic (exact) mass is 388 g/mol. The molecule has 27 heavy (non-hydrogen) atoms. The summed E-state index contributed by atoms with van der Waals surface area (Å²) in [5, 5.41) is 4.44. The van der Waals surface area contributed by atoms with Crippen LogP contribution in [0.3, 0.4) is 0 Å². The van der Waals surface area contributed by atoms with Gasteiger partial charge in [-0.2, -0.15) is 4.98 Å². The van der Waals surface area contributed by atoms with Gasteiger partial charge in [-0.05, 0) is 36.4 Å². The standard InChI is InChI=1S/C19H14ClFN2O4/c20-14-6-4-12(5-7-14)19-22-17(27-23-19)8-9-18(25)26-11-16(24)13-2-1-3-15(21)10-13/h1-7,10H,8-9,11H2. The van der Waals surface area contributed by atoms with E-state index >= 15 is 0 Å². The Labute approximate surface area is 158 Å². The fourth-order valence-electron chi connectivity index (χ4n) is 2.25. The minimum Gasteiger partial charge on any atom is -0.457 e. The Morgan fingerprint density at radius 1 is 1.15 bits per heavy atom. The summed E-state index contributed by atoms with van der Waals surface area (Å²) in [7, 11) is 0. The molecule has 0 saturated heterocycles. The lowest BCUT2D eigenvalue weighted by Gasteiger charge is -2.03. The molecule has 3 aromatic rings. The minimum atomic E-state index is -0.592. The van der Waals surface area contributed by atoms with Gasteiger partial charge in [0.1, 0.15) is 5.82 Å². The van der Waals surface area contributed by atoms with Crippen molar-refractivity contribution in [3.8, 4) is 11.4 Å². The number of ketones is 1. The number of esters is 1. The van der Waals surface area contributed by atoms with E-state index in [0.717, 1.165) is 11.6 Å². The van der Waals surface area contributed by atoms with Gasteiger partial charge in [-0.15, -0.1) is 0 Å². The number of halogens is 2. The van der Waals surface area contributed by atoms with E-state index < -0.39 is 24.2 Å². The summed E-state index contributed by atoms with van der Waals surface area (Å²) < 4.78 is 23.1. The highest BCUT2D eigenvalue weighted by molar-refractivity contribution is 6.30. The quantitative estimate of drug-likeness (QED) is 0.451. The van der Waals surface area contributed by atoms with Gasteiger partial charge in [-0.3, -0.25) is 9.59 Å². The molecule has 3 rings (SSSR count). The third-order valence-electron chi connectivity index (χ3n) is 3.62. The molecule has 0 unspecified atom stereocenters. The summed E-state index contributed by atoms with van der Waals surface area (Å²) in [4.78, 5) is 27.8. The number of Topliss-reactive ketones (excluding diaryl/α,β-unsaturated/α-hetero) is 1. The number of aryl methyl sites for hydroxylation is 1. The van der Waals surface area contributed by atoms with Crippen LogP contribution >= 0.6 is 11.6 Å². The largest absolute Gasteiger partial charge is 0.457 e. The first-order valence-electron chi connectivity index (χ1n) is 8.04. The zero-order valence-electron chi connectivity index (χ0n) is 14.0. The highest BCUT2D eigenvalue weighted by atomic mass is 35.5. The zero-order chi connectivity index (χ0) is 19.2. The van der Waals surface area contributed by atoms with Crippen molar-refractivity contribution < 1.29 is 23.2 Å². The van der Waals surface area contributed by atoms with E-state index in [9.17, 15) is 14.0 Å². The van der Waals surface area contributed by atoms with Crippen molar-refractivity contribution in [3.63, 3.8) is 0 Å². The van der Waals surface area contributed by atoms with Crippen molar-refractivity contribution in [2.24, 2.45) is 0 Å². The molecule has 0 aliphatic rings. The normalized spacial score (nSPS) is 10.6. The van der Waals surface area contributed by atoms with Gasteiger partial charge < -0.3 is 9.26 Å². The first-order valence-corrected chi connectivity index (χ1v) is 8.42. The predicted molar refractivity (Wildman–Crippen MR) is 94.8 cm³/mol. The van der Waals surface area contributed by atoms with E-state index in [4.69, 9.17) is 20.9 Å². The minimum absolute atomic E-state index is 0.0291. The first-order chi connectivity index (χ1) is 13.0. The SMILES string of the molecule is O=C(CCc1nc(-c2ccc(Cl)cc2)no1)OCC(=O)c1cccc(F)c1. The number of carbonyl (C=O) groups excluding carboxylic acids is 2. The van der Waals surface area contributed by atoms with Gasteiger partial charge in [0.25, 0.3) is 0 Å². The Morgan fingerprint density at radius 2 is 1.93 bits per heavy atom. The fourth-order valence-corrected chi connectivity index (χ4v) is 2.37. The maximum Gasteiger partial charge on any atom is 0.306 e. The van der Waals surface area contributed by atoms with Crippen LogP contribution in [0.15, 0.2) is 53.1 Å². The molecule has 0 atom stereocenters. The molecule has 0 aliphatic heterocycles. The summed E-state index contributed by atoms with van der Waals surface area (Å²) in [5.41, 5.74) is 0.880. The maximum atomic E-state index is 13.1. The number of rotatable bonds is 7. The summed E-state index contributed by atoms with van der Waals surface area (Å²) >= 11 is 5.83. The van der Waals surface area contributed by atoms with Crippen molar-refractivity contribution in [1.29, 1.82) is 0 Å². The molecule has 2 aromatic carbocycles. The number of aromatic nitrogens is 2. The lowest BCUT2D eigenvalue weighted by molar-refractivity contribution is -0.142. The van der Waals surface area contributed by atoms with Crippen molar-refractivity contribution in [1.82, 2.24) is 10.1 Å². The number of ether oxygens (including phenoxy) is 1. The average molecular weight is 389 g/mol. The van der Waals surface area contributed by atoms with Crippen LogP contribution in [-0.2, 0) is 16.0 Å². The number of hydrogen-bond acceptors (Lipinski definition) is 6. The van der Waals surface area contributed by atoms with Crippen LogP contribution in [0, 0.1) is 5.82 Å². The molecule has 0 saturated carbocycles. The Balaban J connectivity index is 1.48. The molecule has 1 heterocycles. The molecule has 0 fully saturated rings. The lowest BCUT2D eigenvalue weighted by Crippen LogP contribution is -2.14. The van der Waals surface area contributed by atoms with E-state index in [-0.39, 0.29) is 24.3 Å². The van der Waals surface area contributed by atoms with Gasteiger partial charge in [-0.25, -0.2) is 4.39 Å². The Morgan fingerprint density at radius 3 is 2.67 bits per heavy atom. The second-order valence-corrected chi connectivity index (χ2v) is 6.05. The molecule has 1 aromatic heterocycles. The zero-order valence-corrected chi connectivity index (χ0v) is 14.8. The van der Waals surface area contributed by atoms with Crippen molar-refractivity contribution in [2.45, 2.75) is 12.8 Å². The molecule has 0 aliphatic carbocycles. The Bertz CT molecular complexity index is 956. The first kappa shape index (κ1) is 18.7. The van der Waals surface area contributed by atoms with Gasteiger partial charge in [0.05, 0.1) is 6.42 Å². The highest BCUT2D eigenvalue weighted by Gasteiger charge is 2.14. The van der Waals surface area contributed by atoms with Gasteiger partial charge in [0.2, 0.25) is 11.7 Å².